The van der Waals surface area contributed by atoms with Crippen LogP contribution in [0.5, 0.6) is 0 Å². The maximum absolute atomic E-state index is 11.2. The molecular formula is C14H24N4O2. The number of carbonyl (C=O) groups is 1. The summed E-state index contributed by atoms with van der Waals surface area (Å²) in [5.41, 5.74) is 1.12. The van der Waals surface area contributed by atoms with Gasteiger partial charge in [-0.15, -0.1) is 0 Å². The fourth-order valence-electron chi connectivity index (χ4n) is 2.82. The number of carboxylic acids is 1. The molecule has 0 amide bonds. The zero-order chi connectivity index (χ0) is 14.5. The smallest absolute Gasteiger partial charge is 0.339 e. The van der Waals surface area contributed by atoms with Crippen molar-refractivity contribution in [3.05, 3.63) is 17.5 Å². The lowest BCUT2D eigenvalue weighted by atomic mass is 9.93. The summed E-state index contributed by atoms with van der Waals surface area (Å²) in [6, 6.07) is 0. The van der Waals surface area contributed by atoms with Crippen LogP contribution < -0.4 is 5.32 Å². The summed E-state index contributed by atoms with van der Waals surface area (Å²) in [6.07, 6.45) is 5.07. The van der Waals surface area contributed by atoms with Gasteiger partial charge in [0.25, 0.3) is 0 Å². The summed E-state index contributed by atoms with van der Waals surface area (Å²) in [5, 5.41) is 16.4. The van der Waals surface area contributed by atoms with Crippen LogP contribution in [0.15, 0.2) is 6.20 Å². The average Bonchev–Trinajstić information content (AvgIpc) is 2.80. The van der Waals surface area contributed by atoms with Gasteiger partial charge < -0.3 is 10.4 Å². The zero-order valence-corrected chi connectivity index (χ0v) is 12.3. The van der Waals surface area contributed by atoms with Crippen molar-refractivity contribution in [1.29, 1.82) is 0 Å². The third-order valence-electron chi connectivity index (χ3n) is 4.18. The molecule has 6 heteroatoms. The summed E-state index contributed by atoms with van der Waals surface area (Å²) in [4.78, 5) is 13.5. The highest BCUT2D eigenvalue weighted by atomic mass is 16.4. The van der Waals surface area contributed by atoms with E-state index in [2.05, 4.69) is 15.3 Å². The minimum absolute atomic E-state index is 0.324. The van der Waals surface area contributed by atoms with Gasteiger partial charge >= 0.3 is 5.97 Å². The van der Waals surface area contributed by atoms with Crippen LogP contribution in [-0.2, 0) is 13.6 Å². The van der Waals surface area contributed by atoms with E-state index >= 15 is 0 Å². The van der Waals surface area contributed by atoms with Gasteiger partial charge in [0, 0.05) is 13.6 Å². The third-order valence-corrected chi connectivity index (χ3v) is 4.18. The normalized spacial score (nSPS) is 17.5. The van der Waals surface area contributed by atoms with E-state index in [1.165, 1.54) is 25.5 Å². The van der Waals surface area contributed by atoms with Crippen molar-refractivity contribution in [1.82, 2.24) is 20.0 Å². The van der Waals surface area contributed by atoms with Gasteiger partial charge in [0.2, 0.25) is 0 Å². The van der Waals surface area contributed by atoms with E-state index < -0.39 is 5.97 Å². The number of rotatable bonds is 6. The van der Waals surface area contributed by atoms with Gasteiger partial charge in [0.1, 0.15) is 5.56 Å². The highest BCUT2D eigenvalue weighted by Crippen LogP contribution is 2.22. The summed E-state index contributed by atoms with van der Waals surface area (Å²) in [5.74, 6) is -0.0961. The number of nitrogens with zero attached hydrogens (tertiary/aromatic N) is 3. The number of aryl methyl sites for hydroxylation is 1. The lowest BCUT2D eigenvalue weighted by molar-refractivity contribution is 0.0693. The Morgan fingerprint density at radius 1 is 1.50 bits per heavy atom. The fraction of sp³-hybridized carbons (Fsp3) is 0.714. The number of carboxylic acid groups (broad SMARTS) is 1. The topological polar surface area (TPSA) is 70.4 Å². The fourth-order valence-corrected chi connectivity index (χ4v) is 2.82. The summed E-state index contributed by atoms with van der Waals surface area (Å²) < 4.78 is 1.68. The summed E-state index contributed by atoms with van der Waals surface area (Å²) in [7, 11) is 3.80. The van der Waals surface area contributed by atoms with Crippen LogP contribution in [-0.4, -0.2) is 52.4 Å². The second kappa shape index (κ2) is 6.85. The van der Waals surface area contributed by atoms with Crippen LogP contribution in [0.4, 0.5) is 0 Å². The van der Waals surface area contributed by atoms with Crippen LogP contribution >= 0.6 is 0 Å². The molecule has 1 fully saturated rings. The van der Waals surface area contributed by atoms with Gasteiger partial charge in [-0.05, 0) is 51.9 Å². The first kappa shape index (κ1) is 15.0. The first-order valence-corrected chi connectivity index (χ1v) is 7.23. The molecule has 0 atom stereocenters. The molecule has 1 aliphatic rings. The lowest BCUT2D eigenvalue weighted by Gasteiger charge is -2.32. The van der Waals surface area contributed by atoms with E-state index in [4.69, 9.17) is 5.11 Å². The van der Waals surface area contributed by atoms with Gasteiger partial charge in [0.15, 0.2) is 0 Å². The van der Waals surface area contributed by atoms with Crippen molar-refractivity contribution in [3.63, 3.8) is 0 Å². The van der Waals surface area contributed by atoms with Crippen molar-refractivity contribution >= 4 is 5.97 Å². The molecule has 1 aromatic heterocycles. The monoisotopic (exact) mass is 280 g/mol. The number of likely N-dealkylation sites (tertiary alicyclic amines) is 1. The molecule has 1 aromatic rings. The molecular weight excluding hydrogens is 256 g/mol. The van der Waals surface area contributed by atoms with Gasteiger partial charge in [-0.3, -0.25) is 9.58 Å². The Bertz CT molecular complexity index is 450. The molecule has 0 unspecified atom stereocenters. The van der Waals surface area contributed by atoms with E-state index in [0.29, 0.717) is 12.1 Å². The Hall–Kier alpha value is -1.40. The predicted octanol–water partition coefficient (Wildman–Crippen LogP) is 0.940. The van der Waals surface area contributed by atoms with Crippen molar-refractivity contribution in [3.8, 4) is 0 Å². The average molecular weight is 280 g/mol. The highest BCUT2D eigenvalue weighted by molar-refractivity contribution is 5.88. The molecule has 0 spiro atoms. The van der Waals surface area contributed by atoms with Crippen molar-refractivity contribution in [2.75, 3.05) is 26.7 Å². The van der Waals surface area contributed by atoms with E-state index in [1.54, 1.807) is 11.7 Å². The van der Waals surface area contributed by atoms with Gasteiger partial charge in [-0.25, -0.2) is 4.79 Å². The molecule has 0 radical (unpaired) electrons. The molecule has 2 rings (SSSR count). The van der Waals surface area contributed by atoms with Crippen LogP contribution in [0.1, 0.15) is 35.3 Å². The van der Waals surface area contributed by atoms with Crippen LogP contribution in [0.2, 0.25) is 0 Å². The summed E-state index contributed by atoms with van der Waals surface area (Å²) in [6.45, 7) is 3.84. The second-order valence-electron chi connectivity index (χ2n) is 5.55. The number of hydrogen-bond acceptors (Lipinski definition) is 4. The molecule has 2 N–H and O–H groups in total. The van der Waals surface area contributed by atoms with Gasteiger partial charge in [-0.2, -0.15) is 5.10 Å². The van der Waals surface area contributed by atoms with Crippen LogP contribution in [0.25, 0.3) is 0 Å². The number of nitrogens with one attached hydrogen (secondary N) is 1. The van der Waals surface area contributed by atoms with Crippen molar-refractivity contribution in [2.45, 2.75) is 25.8 Å². The van der Waals surface area contributed by atoms with Gasteiger partial charge in [0.05, 0.1) is 11.9 Å². The molecule has 2 heterocycles. The third kappa shape index (κ3) is 3.58. The molecule has 0 bridgehead atoms. The molecule has 0 aliphatic carbocycles. The van der Waals surface area contributed by atoms with Crippen molar-refractivity contribution < 1.29 is 9.90 Å². The molecule has 0 aromatic carbocycles. The SMILES string of the molecule is CNCCC1CCN(Cc2c(C(=O)O)cnn2C)CC1. The molecule has 20 heavy (non-hydrogen) atoms. The Labute approximate surface area is 119 Å². The quantitative estimate of drug-likeness (QED) is 0.811. The van der Waals surface area contributed by atoms with E-state index in [9.17, 15) is 4.79 Å². The minimum atomic E-state index is -0.892. The van der Waals surface area contributed by atoms with E-state index in [1.807, 2.05) is 7.05 Å². The van der Waals surface area contributed by atoms with Crippen molar-refractivity contribution in [2.24, 2.45) is 13.0 Å². The van der Waals surface area contributed by atoms with E-state index in [-0.39, 0.29) is 0 Å². The lowest BCUT2D eigenvalue weighted by Crippen LogP contribution is -2.35. The molecule has 0 saturated carbocycles. The Kier molecular flexibility index (Phi) is 5.14. The number of aromatic carboxylic acids is 1. The maximum Gasteiger partial charge on any atom is 0.339 e. The summed E-state index contributed by atoms with van der Waals surface area (Å²) >= 11 is 0. The predicted molar refractivity (Wildman–Crippen MR) is 76.7 cm³/mol. The highest BCUT2D eigenvalue weighted by Gasteiger charge is 2.22. The first-order chi connectivity index (χ1) is 9.61. The minimum Gasteiger partial charge on any atom is -0.478 e. The van der Waals surface area contributed by atoms with Crippen LogP contribution in [0.3, 0.4) is 0 Å². The van der Waals surface area contributed by atoms with E-state index in [0.717, 1.165) is 31.2 Å². The second-order valence-corrected chi connectivity index (χ2v) is 5.55. The van der Waals surface area contributed by atoms with Gasteiger partial charge in [-0.1, -0.05) is 0 Å². The maximum atomic E-state index is 11.2. The Morgan fingerprint density at radius 3 is 2.80 bits per heavy atom. The van der Waals surface area contributed by atoms with Crippen LogP contribution in [0, 0.1) is 5.92 Å². The largest absolute Gasteiger partial charge is 0.478 e. The molecule has 1 saturated heterocycles. The molecule has 112 valence electrons. The number of hydrogen-bond donors (Lipinski definition) is 2. The first-order valence-electron chi connectivity index (χ1n) is 7.23. The Balaban J connectivity index is 1.89. The number of aromatic nitrogens is 2. The molecule has 1 aliphatic heterocycles. The molecule has 6 nitrogen and oxygen atoms in total. The Morgan fingerprint density at radius 2 is 2.20 bits per heavy atom. The zero-order valence-electron chi connectivity index (χ0n) is 12.3. The standard InChI is InChI=1S/C14H24N4O2/c1-15-6-3-11-4-7-18(8-5-11)10-13-12(14(19)20)9-16-17(13)2/h9,11,15H,3-8,10H2,1-2H3,(H,19,20). The number of piperidine rings is 1.